The van der Waals surface area contributed by atoms with Crippen molar-refractivity contribution in [3.05, 3.63) is 28.2 Å². The minimum Gasteiger partial charge on any atom is -0.308 e. The molecule has 4 nitrogen and oxygen atoms in total. The number of halogens is 2. The zero-order valence-electron chi connectivity index (χ0n) is 13.4. The molecule has 0 aromatic heterocycles. The molecule has 124 valence electrons. The van der Waals surface area contributed by atoms with Gasteiger partial charge >= 0.3 is 6.03 Å². The van der Waals surface area contributed by atoms with E-state index in [2.05, 4.69) is 11.4 Å². The second-order valence-electron chi connectivity index (χ2n) is 6.38. The number of carbonyl (C=O) groups is 1. The van der Waals surface area contributed by atoms with Crippen LogP contribution in [0, 0.1) is 17.2 Å². The van der Waals surface area contributed by atoms with Crippen LogP contribution in [0.25, 0.3) is 0 Å². The van der Waals surface area contributed by atoms with Crippen LogP contribution in [0.4, 0.5) is 10.5 Å². The largest absolute Gasteiger partial charge is 0.323 e. The fraction of sp³-hybridized carbons (Fsp3) is 0.500. The maximum Gasteiger partial charge on any atom is 0.323 e. The van der Waals surface area contributed by atoms with Crippen LogP contribution >= 0.6 is 35.0 Å². The van der Waals surface area contributed by atoms with Crippen molar-refractivity contribution in [2.75, 3.05) is 5.32 Å². The first-order chi connectivity index (χ1) is 10.7. The summed E-state index contributed by atoms with van der Waals surface area (Å²) in [5.74, 6) is 0.228. The molecule has 1 aliphatic heterocycles. The molecule has 2 rings (SSSR count). The van der Waals surface area contributed by atoms with E-state index in [0.717, 1.165) is 0 Å². The van der Waals surface area contributed by atoms with E-state index in [9.17, 15) is 10.1 Å². The summed E-state index contributed by atoms with van der Waals surface area (Å²) in [7, 11) is 0. The fourth-order valence-electron chi connectivity index (χ4n) is 2.64. The number of nitrogens with zero attached hydrogens (tertiary/aromatic N) is 2. The van der Waals surface area contributed by atoms with Crippen LogP contribution in [-0.2, 0) is 0 Å². The molecule has 0 bridgehead atoms. The van der Waals surface area contributed by atoms with E-state index in [1.807, 2.05) is 27.7 Å². The van der Waals surface area contributed by atoms with Gasteiger partial charge in [-0.15, -0.1) is 11.8 Å². The maximum absolute atomic E-state index is 12.8. The predicted octanol–water partition coefficient (Wildman–Crippen LogP) is 5.23. The van der Waals surface area contributed by atoms with Gasteiger partial charge in [-0.1, -0.05) is 37.0 Å². The first kappa shape index (κ1) is 18.3. The number of urea groups is 1. The van der Waals surface area contributed by atoms with Gasteiger partial charge in [0, 0.05) is 20.5 Å². The van der Waals surface area contributed by atoms with E-state index in [0.29, 0.717) is 15.7 Å². The zero-order valence-corrected chi connectivity index (χ0v) is 15.8. The Hall–Kier alpha value is -1.09. The monoisotopic (exact) mass is 371 g/mol. The summed E-state index contributed by atoms with van der Waals surface area (Å²) in [6.45, 7) is 8.07. The molecule has 0 radical (unpaired) electrons. The van der Waals surface area contributed by atoms with Crippen LogP contribution < -0.4 is 5.32 Å². The molecule has 0 spiro atoms. The molecule has 0 saturated carbocycles. The Bertz CT molecular complexity index is 637. The number of carbonyl (C=O) groups excluding carboxylic acids is 1. The third kappa shape index (κ3) is 3.88. The number of benzene rings is 1. The molecule has 1 saturated heterocycles. The van der Waals surface area contributed by atoms with Gasteiger partial charge in [-0.3, -0.25) is 4.90 Å². The Labute approximate surface area is 151 Å². The topological polar surface area (TPSA) is 56.1 Å². The van der Waals surface area contributed by atoms with E-state index >= 15 is 0 Å². The van der Waals surface area contributed by atoms with Gasteiger partial charge < -0.3 is 5.32 Å². The SMILES string of the molecule is CC(C)C1SC(C)(C)C(C#N)N1C(=O)Nc1cc(Cl)cc(Cl)c1. The number of hydrogen-bond donors (Lipinski definition) is 1. The number of thioether (sulfide) groups is 1. The third-order valence-corrected chi connectivity index (χ3v) is 5.96. The average molecular weight is 372 g/mol. The normalized spacial score (nSPS) is 23.0. The van der Waals surface area contributed by atoms with Crippen LogP contribution in [0.3, 0.4) is 0 Å². The quantitative estimate of drug-likeness (QED) is 0.774. The van der Waals surface area contributed by atoms with Gasteiger partial charge in [-0.2, -0.15) is 5.26 Å². The summed E-state index contributed by atoms with van der Waals surface area (Å²) in [5.41, 5.74) is 0.515. The summed E-state index contributed by atoms with van der Waals surface area (Å²) >= 11 is 13.6. The number of amides is 2. The smallest absolute Gasteiger partial charge is 0.308 e. The highest BCUT2D eigenvalue weighted by Gasteiger charge is 2.50. The molecule has 1 aliphatic rings. The highest BCUT2D eigenvalue weighted by atomic mass is 35.5. The molecule has 1 aromatic carbocycles. The lowest BCUT2D eigenvalue weighted by atomic mass is 10.0. The number of nitriles is 1. The molecule has 23 heavy (non-hydrogen) atoms. The zero-order chi connectivity index (χ0) is 17.4. The Morgan fingerprint density at radius 3 is 2.39 bits per heavy atom. The molecule has 1 aromatic rings. The van der Waals surface area contributed by atoms with E-state index in [1.54, 1.807) is 34.9 Å². The molecule has 2 atom stereocenters. The average Bonchev–Trinajstić information content (AvgIpc) is 2.68. The van der Waals surface area contributed by atoms with Crippen molar-refractivity contribution >= 4 is 46.7 Å². The van der Waals surface area contributed by atoms with Gasteiger partial charge in [0.15, 0.2) is 0 Å². The van der Waals surface area contributed by atoms with Crippen molar-refractivity contribution in [3.63, 3.8) is 0 Å². The van der Waals surface area contributed by atoms with Crippen LogP contribution in [0.1, 0.15) is 27.7 Å². The summed E-state index contributed by atoms with van der Waals surface area (Å²) < 4.78 is -0.326. The van der Waals surface area contributed by atoms with Crippen molar-refractivity contribution < 1.29 is 4.79 Å². The lowest BCUT2D eigenvalue weighted by Crippen LogP contribution is -2.48. The van der Waals surface area contributed by atoms with E-state index < -0.39 is 6.04 Å². The molecular weight excluding hydrogens is 353 g/mol. The number of nitrogens with one attached hydrogen (secondary N) is 1. The summed E-state index contributed by atoms with van der Waals surface area (Å²) in [5, 5.41) is 13.2. The standard InChI is InChI=1S/C16H19Cl2N3OS/c1-9(2)14-21(13(8-19)16(3,4)23-14)15(22)20-12-6-10(17)5-11(18)7-12/h5-7,9,13-14H,1-4H3,(H,20,22). The lowest BCUT2D eigenvalue weighted by molar-refractivity contribution is 0.184. The minimum atomic E-state index is -0.505. The summed E-state index contributed by atoms with van der Waals surface area (Å²) in [4.78, 5) is 14.4. The second kappa shape index (κ2) is 6.80. The maximum atomic E-state index is 12.8. The van der Waals surface area contributed by atoms with E-state index in [1.165, 1.54) is 0 Å². The van der Waals surface area contributed by atoms with Crippen LogP contribution in [0.5, 0.6) is 0 Å². The Morgan fingerprint density at radius 1 is 1.35 bits per heavy atom. The molecule has 7 heteroatoms. The Balaban J connectivity index is 2.29. The van der Waals surface area contributed by atoms with Gasteiger partial charge in [0.1, 0.15) is 6.04 Å². The predicted molar refractivity (Wildman–Crippen MR) is 97.0 cm³/mol. The van der Waals surface area contributed by atoms with Crippen LogP contribution in [0.15, 0.2) is 18.2 Å². The molecule has 1 fully saturated rings. The van der Waals surface area contributed by atoms with Gasteiger partial charge in [-0.05, 0) is 38.0 Å². The van der Waals surface area contributed by atoms with Crippen molar-refractivity contribution in [2.45, 2.75) is 43.9 Å². The number of hydrogen-bond acceptors (Lipinski definition) is 3. The Morgan fingerprint density at radius 2 is 1.91 bits per heavy atom. The highest BCUT2D eigenvalue weighted by Crippen LogP contribution is 2.46. The van der Waals surface area contributed by atoms with Gasteiger partial charge in [-0.25, -0.2) is 4.79 Å². The lowest BCUT2D eigenvalue weighted by Gasteiger charge is -2.29. The third-order valence-electron chi connectivity index (χ3n) is 3.68. The van der Waals surface area contributed by atoms with Crippen molar-refractivity contribution in [2.24, 2.45) is 5.92 Å². The van der Waals surface area contributed by atoms with Gasteiger partial charge in [0.05, 0.1) is 11.4 Å². The molecule has 0 aliphatic carbocycles. The molecule has 2 unspecified atom stereocenters. The molecule has 1 N–H and O–H groups in total. The fourth-order valence-corrected chi connectivity index (χ4v) is 4.68. The molecule has 1 heterocycles. The van der Waals surface area contributed by atoms with Crippen LogP contribution in [-0.4, -0.2) is 27.1 Å². The highest BCUT2D eigenvalue weighted by molar-refractivity contribution is 8.01. The number of anilines is 1. The van der Waals surface area contributed by atoms with Crippen molar-refractivity contribution in [1.82, 2.24) is 4.90 Å². The van der Waals surface area contributed by atoms with Crippen molar-refractivity contribution in [3.8, 4) is 6.07 Å². The molecule has 2 amide bonds. The van der Waals surface area contributed by atoms with Gasteiger partial charge in [0.25, 0.3) is 0 Å². The van der Waals surface area contributed by atoms with E-state index in [4.69, 9.17) is 23.2 Å². The first-order valence-corrected chi connectivity index (χ1v) is 8.92. The first-order valence-electron chi connectivity index (χ1n) is 7.28. The van der Waals surface area contributed by atoms with E-state index in [-0.39, 0.29) is 22.1 Å². The summed E-state index contributed by atoms with van der Waals surface area (Å²) in [6.07, 6.45) is 0. The van der Waals surface area contributed by atoms with Gasteiger partial charge in [0.2, 0.25) is 0 Å². The Kier molecular flexibility index (Phi) is 5.40. The minimum absolute atomic E-state index is 0.0655. The summed E-state index contributed by atoms with van der Waals surface area (Å²) in [6, 6.07) is 6.31. The van der Waals surface area contributed by atoms with Crippen molar-refractivity contribution in [1.29, 1.82) is 5.26 Å². The number of rotatable bonds is 2. The second-order valence-corrected chi connectivity index (χ2v) is 9.03. The molecular formula is C16H19Cl2N3OS. The van der Waals surface area contributed by atoms with Crippen LogP contribution in [0.2, 0.25) is 10.0 Å².